The second-order valence-corrected chi connectivity index (χ2v) is 1.38. The molecule has 0 aliphatic rings. The van der Waals surface area contributed by atoms with Gasteiger partial charge in [0.05, 0.1) is 0 Å². The molecule has 0 spiro atoms. The van der Waals surface area contributed by atoms with Crippen molar-refractivity contribution >= 4 is 12.0 Å². The maximum Gasteiger partial charge on any atom is 0.318 e. The number of carbonyl (C=O) groups excluding carboxylic acids is 1. The summed E-state index contributed by atoms with van der Waals surface area (Å²) < 4.78 is 0. The Balaban J connectivity index is -0.000000155. The van der Waals surface area contributed by atoms with Gasteiger partial charge in [-0.05, 0) is 0 Å². The minimum atomic E-state index is -1.50. The lowest BCUT2D eigenvalue weighted by atomic mass is 10.9. The van der Waals surface area contributed by atoms with Crippen LogP contribution in [0.15, 0.2) is 0 Å². The highest BCUT2D eigenvalue weighted by Crippen LogP contribution is 1.48. The number of urea groups is 1. The van der Waals surface area contributed by atoms with Crippen molar-refractivity contribution in [3.8, 4) is 0 Å². The van der Waals surface area contributed by atoms with Crippen molar-refractivity contribution < 1.29 is 25.4 Å². The summed E-state index contributed by atoms with van der Waals surface area (Å²) in [6.45, 7) is 0. The first-order valence-corrected chi connectivity index (χ1v) is 2.66. The van der Waals surface area contributed by atoms with E-state index in [9.17, 15) is 4.79 Å². The predicted molar refractivity (Wildman–Crippen MR) is 42.2 cm³/mol. The van der Waals surface area contributed by atoms with Crippen molar-refractivity contribution in [1.82, 2.24) is 5.32 Å². The lowest BCUT2D eigenvalue weighted by molar-refractivity contribution is -0.742. The number of guanidine groups is 1. The van der Waals surface area contributed by atoms with Crippen LogP contribution >= 0.6 is 0 Å². The van der Waals surface area contributed by atoms with Crippen LogP contribution in [0, 0.1) is 25.6 Å². The molecule has 0 aromatic carbocycles. The molecule has 0 rings (SSSR count). The molecular formula is C2H8N6O7. The van der Waals surface area contributed by atoms with Crippen LogP contribution in [0.5, 0.6) is 0 Å². The second kappa shape index (κ2) is 11.1. The van der Waals surface area contributed by atoms with E-state index in [2.05, 4.69) is 11.5 Å². The third-order valence-electron chi connectivity index (χ3n) is 0.258. The van der Waals surface area contributed by atoms with Crippen molar-refractivity contribution in [1.29, 1.82) is 5.41 Å². The predicted octanol–water partition coefficient (Wildman–Crippen LogP) is -2.15. The van der Waals surface area contributed by atoms with Crippen LogP contribution in [0.25, 0.3) is 0 Å². The fourth-order valence-electron chi connectivity index (χ4n) is 0.133. The van der Waals surface area contributed by atoms with E-state index in [0.717, 1.165) is 0 Å². The molecule has 0 aliphatic heterocycles. The van der Waals surface area contributed by atoms with Gasteiger partial charge in [0.15, 0.2) is 5.96 Å². The van der Waals surface area contributed by atoms with E-state index >= 15 is 0 Å². The standard InChI is InChI=1S/C2H6N4O.2HNO3/c3-1(4)6-2(5)7;2*2-1(3)4/h(H6,3,4,5,6,7);2*(H,2,3,4). The molecule has 0 fully saturated rings. The van der Waals surface area contributed by atoms with Crippen LogP contribution in [0.2, 0.25) is 0 Å². The molecule has 0 atom stereocenters. The lowest BCUT2D eigenvalue weighted by Gasteiger charge is -1.91. The molecule has 2 amide bonds. The Hall–Kier alpha value is -2.86. The van der Waals surface area contributed by atoms with Crippen LogP contribution < -0.4 is 16.8 Å². The van der Waals surface area contributed by atoms with Crippen molar-refractivity contribution in [3.63, 3.8) is 0 Å². The van der Waals surface area contributed by atoms with Gasteiger partial charge in [-0.3, -0.25) is 10.7 Å². The molecule has 0 heterocycles. The van der Waals surface area contributed by atoms with E-state index in [4.69, 9.17) is 36.1 Å². The average molecular weight is 228 g/mol. The molecule has 0 aromatic rings. The van der Waals surface area contributed by atoms with E-state index in [0.29, 0.717) is 0 Å². The van der Waals surface area contributed by atoms with Crippen LogP contribution in [-0.2, 0) is 0 Å². The highest BCUT2D eigenvalue weighted by atomic mass is 16.9. The summed E-state index contributed by atoms with van der Waals surface area (Å²) in [6.07, 6.45) is 0. The molecule has 0 bridgehead atoms. The van der Waals surface area contributed by atoms with Gasteiger partial charge in [0.2, 0.25) is 0 Å². The first-order chi connectivity index (χ1) is 6.59. The van der Waals surface area contributed by atoms with E-state index in [1.54, 1.807) is 5.32 Å². The topological polar surface area (TPSA) is 232 Å². The zero-order valence-corrected chi connectivity index (χ0v) is 6.98. The van der Waals surface area contributed by atoms with Gasteiger partial charge in [-0.25, -0.2) is 4.79 Å². The molecule has 0 unspecified atom stereocenters. The number of amides is 2. The summed E-state index contributed by atoms with van der Waals surface area (Å²) in [7, 11) is 0. The van der Waals surface area contributed by atoms with Crippen LogP contribution in [0.1, 0.15) is 0 Å². The fraction of sp³-hybridized carbons (Fsp3) is 0. The van der Waals surface area contributed by atoms with Crippen LogP contribution in [-0.4, -0.2) is 32.6 Å². The highest BCUT2D eigenvalue weighted by Gasteiger charge is 1.88. The van der Waals surface area contributed by atoms with Crippen molar-refractivity contribution in [2.24, 2.45) is 11.5 Å². The number of nitrogens with one attached hydrogen (secondary N) is 2. The van der Waals surface area contributed by atoms with Crippen LogP contribution in [0.3, 0.4) is 0 Å². The Kier molecular flexibility index (Phi) is 13.4. The Morgan fingerprint density at radius 3 is 1.40 bits per heavy atom. The Morgan fingerprint density at radius 1 is 1.20 bits per heavy atom. The highest BCUT2D eigenvalue weighted by molar-refractivity contribution is 5.92. The first-order valence-electron chi connectivity index (χ1n) is 2.66. The monoisotopic (exact) mass is 228 g/mol. The van der Waals surface area contributed by atoms with Crippen LogP contribution in [0.4, 0.5) is 4.79 Å². The van der Waals surface area contributed by atoms with Gasteiger partial charge in [-0.2, -0.15) is 0 Å². The molecule has 8 N–H and O–H groups in total. The Morgan fingerprint density at radius 2 is 1.40 bits per heavy atom. The molecule has 0 aliphatic carbocycles. The zero-order valence-electron chi connectivity index (χ0n) is 6.98. The van der Waals surface area contributed by atoms with E-state index < -0.39 is 22.2 Å². The van der Waals surface area contributed by atoms with Gasteiger partial charge in [-0.15, -0.1) is 20.2 Å². The number of hydrogen-bond donors (Lipinski definition) is 6. The lowest BCUT2D eigenvalue weighted by Crippen LogP contribution is -2.39. The SMILES string of the molecule is N=C(N)NC(N)=O.O=[N+]([O-])O.O=[N+]([O-])O. The second-order valence-electron chi connectivity index (χ2n) is 1.38. The maximum absolute atomic E-state index is 9.70. The molecule has 0 saturated carbocycles. The molecule has 88 valence electrons. The first kappa shape index (κ1) is 18.0. The minimum Gasteiger partial charge on any atom is -0.370 e. The zero-order chi connectivity index (χ0) is 13.0. The maximum atomic E-state index is 9.70. The molecular weight excluding hydrogens is 220 g/mol. The third kappa shape index (κ3) is 716. The van der Waals surface area contributed by atoms with Gasteiger partial charge < -0.3 is 21.9 Å². The number of hydrogen-bond acceptors (Lipinski definition) is 6. The van der Waals surface area contributed by atoms with Gasteiger partial charge >= 0.3 is 6.03 Å². The fourth-order valence-corrected chi connectivity index (χ4v) is 0.133. The number of nitrogens with two attached hydrogens (primary N) is 2. The van der Waals surface area contributed by atoms with Gasteiger partial charge in [0, 0.05) is 0 Å². The summed E-state index contributed by atoms with van der Waals surface area (Å²) in [5.74, 6) is -0.437. The van der Waals surface area contributed by atoms with Crippen molar-refractivity contribution in [2.75, 3.05) is 0 Å². The minimum absolute atomic E-state index is 0.437. The molecule has 0 radical (unpaired) electrons. The number of rotatable bonds is 0. The molecule has 13 heteroatoms. The summed E-state index contributed by atoms with van der Waals surface area (Å²) in [5.41, 5.74) is 9.19. The summed E-state index contributed by atoms with van der Waals surface area (Å²) >= 11 is 0. The molecule has 0 saturated heterocycles. The van der Waals surface area contributed by atoms with Gasteiger partial charge in [0.25, 0.3) is 10.2 Å². The third-order valence-corrected chi connectivity index (χ3v) is 0.258. The molecule has 13 nitrogen and oxygen atoms in total. The van der Waals surface area contributed by atoms with Crippen molar-refractivity contribution in [2.45, 2.75) is 0 Å². The molecule has 15 heavy (non-hydrogen) atoms. The Bertz CT molecular complexity index is 206. The number of primary amides is 1. The van der Waals surface area contributed by atoms with E-state index in [1.165, 1.54) is 0 Å². The van der Waals surface area contributed by atoms with E-state index in [1.807, 2.05) is 0 Å². The normalized spacial score (nSPS) is 6.67. The average Bonchev–Trinajstić information content (AvgIpc) is 1.78. The smallest absolute Gasteiger partial charge is 0.318 e. The number of nitrogens with zero attached hydrogens (tertiary/aromatic N) is 2. The quantitative estimate of drug-likeness (QED) is 0.115. The van der Waals surface area contributed by atoms with Gasteiger partial charge in [-0.1, -0.05) is 0 Å². The summed E-state index contributed by atoms with van der Waals surface area (Å²) in [6, 6.07) is -0.812. The Labute approximate surface area is 81.0 Å². The molecule has 0 aromatic heterocycles. The number of carbonyl (C=O) groups is 1. The van der Waals surface area contributed by atoms with Gasteiger partial charge in [0.1, 0.15) is 0 Å². The summed E-state index contributed by atoms with van der Waals surface area (Å²) in [4.78, 5) is 26.4. The van der Waals surface area contributed by atoms with E-state index in [-0.39, 0.29) is 0 Å². The van der Waals surface area contributed by atoms with Crippen molar-refractivity contribution in [3.05, 3.63) is 20.2 Å². The largest absolute Gasteiger partial charge is 0.370 e. The summed E-state index contributed by atoms with van der Waals surface area (Å²) in [5, 5.41) is 35.5.